The molecule has 198 valence electrons. The monoisotopic (exact) mass is 518 g/mol. The van der Waals surface area contributed by atoms with Gasteiger partial charge in [0.25, 0.3) is 5.91 Å². The molecule has 8 nitrogen and oxygen atoms in total. The molecule has 1 amide bonds. The van der Waals surface area contributed by atoms with Crippen LogP contribution in [0.3, 0.4) is 0 Å². The van der Waals surface area contributed by atoms with Gasteiger partial charge in [-0.2, -0.15) is 18.3 Å². The van der Waals surface area contributed by atoms with Gasteiger partial charge in [-0.25, -0.2) is 9.48 Å². The first-order valence-corrected chi connectivity index (χ1v) is 11.8. The number of ether oxygens (including phenoxy) is 1. The third kappa shape index (κ3) is 8.16. The second kappa shape index (κ2) is 13.0. The topological polar surface area (TPSA) is 96.7 Å². The summed E-state index contributed by atoms with van der Waals surface area (Å²) in [4.78, 5) is 24.2. The van der Waals surface area contributed by atoms with Crippen molar-refractivity contribution < 1.29 is 32.6 Å². The Morgan fingerprint density at radius 2 is 1.68 bits per heavy atom. The van der Waals surface area contributed by atoms with Crippen LogP contribution in [0.2, 0.25) is 0 Å². The summed E-state index contributed by atoms with van der Waals surface area (Å²) in [6, 6.07) is 18.1. The first kappa shape index (κ1) is 27.9. The number of aryl methyl sites for hydroxylation is 1. The molecule has 0 atom stereocenters. The lowest BCUT2D eigenvalue weighted by atomic mass is 10.0. The molecule has 2 aromatic carbocycles. The maximum Gasteiger partial charge on any atom is 0.490 e. The molecule has 1 saturated heterocycles. The number of aliphatic carboxylic acids is 1. The first-order valence-electron chi connectivity index (χ1n) is 11.8. The van der Waals surface area contributed by atoms with Crippen molar-refractivity contribution in [1.29, 1.82) is 0 Å². The number of halogens is 3. The Balaban J connectivity index is 0.000000479. The summed E-state index contributed by atoms with van der Waals surface area (Å²) >= 11 is 0. The van der Waals surface area contributed by atoms with Gasteiger partial charge in [-0.15, -0.1) is 0 Å². The van der Waals surface area contributed by atoms with Crippen molar-refractivity contribution in [2.45, 2.75) is 19.5 Å². The van der Waals surface area contributed by atoms with Crippen molar-refractivity contribution in [2.24, 2.45) is 0 Å². The standard InChI is InChI=1S/C24H28N4O2.C2HF3O2/c1-2-19-8-10-20(11-9-19)23-22(18-28(26-23)21-6-4-3-5-7-21)24(29)25-12-13-27-14-16-30-17-15-27;3-2(4,5)1(6)7/h3-11,18H,2,12-17H2,1H3,(H,25,29);(H,6,7). The summed E-state index contributed by atoms with van der Waals surface area (Å²) in [5.74, 6) is -2.85. The van der Waals surface area contributed by atoms with Crippen LogP contribution in [0.1, 0.15) is 22.8 Å². The highest BCUT2D eigenvalue weighted by atomic mass is 19.4. The lowest BCUT2D eigenvalue weighted by Crippen LogP contribution is -2.41. The van der Waals surface area contributed by atoms with E-state index in [1.807, 2.05) is 48.7 Å². The maximum atomic E-state index is 13.0. The normalized spacial score (nSPS) is 13.9. The molecule has 1 aromatic heterocycles. The van der Waals surface area contributed by atoms with Gasteiger partial charge in [0.05, 0.1) is 24.5 Å². The van der Waals surface area contributed by atoms with Gasteiger partial charge in [0, 0.05) is 37.9 Å². The zero-order valence-corrected chi connectivity index (χ0v) is 20.4. The second-order valence-electron chi connectivity index (χ2n) is 8.23. The van der Waals surface area contributed by atoms with Crippen LogP contribution >= 0.6 is 0 Å². The molecule has 0 aliphatic carbocycles. The molecule has 37 heavy (non-hydrogen) atoms. The number of carboxylic acid groups (broad SMARTS) is 1. The number of hydrogen-bond donors (Lipinski definition) is 2. The Morgan fingerprint density at radius 1 is 1.05 bits per heavy atom. The van der Waals surface area contributed by atoms with Crippen molar-refractivity contribution in [3.05, 3.63) is 71.9 Å². The third-order valence-corrected chi connectivity index (χ3v) is 5.68. The number of amides is 1. The molecule has 0 bridgehead atoms. The molecule has 3 aromatic rings. The van der Waals surface area contributed by atoms with E-state index in [-0.39, 0.29) is 5.91 Å². The molecule has 0 saturated carbocycles. The van der Waals surface area contributed by atoms with E-state index >= 15 is 0 Å². The zero-order valence-electron chi connectivity index (χ0n) is 20.4. The number of hydrogen-bond acceptors (Lipinski definition) is 5. The van der Waals surface area contributed by atoms with Crippen molar-refractivity contribution in [3.63, 3.8) is 0 Å². The van der Waals surface area contributed by atoms with Gasteiger partial charge in [0.15, 0.2) is 0 Å². The van der Waals surface area contributed by atoms with Crippen LogP contribution in [0, 0.1) is 0 Å². The Morgan fingerprint density at radius 3 is 2.24 bits per heavy atom. The molecule has 2 heterocycles. The zero-order chi connectivity index (χ0) is 26.8. The van der Waals surface area contributed by atoms with E-state index in [0.29, 0.717) is 17.8 Å². The Kier molecular flexibility index (Phi) is 9.81. The fourth-order valence-electron chi connectivity index (χ4n) is 3.61. The minimum Gasteiger partial charge on any atom is -0.475 e. The summed E-state index contributed by atoms with van der Waals surface area (Å²) < 4.78 is 38.9. The number of aromatic nitrogens is 2. The highest BCUT2D eigenvalue weighted by Crippen LogP contribution is 2.24. The number of carbonyl (C=O) groups is 2. The van der Waals surface area contributed by atoms with Crippen molar-refractivity contribution in [2.75, 3.05) is 39.4 Å². The largest absolute Gasteiger partial charge is 0.490 e. The number of nitrogens with zero attached hydrogens (tertiary/aromatic N) is 3. The van der Waals surface area contributed by atoms with E-state index in [1.165, 1.54) is 5.56 Å². The minimum atomic E-state index is -5.08. The summed E-state index contributed by atoms with van der Waals surface area (Å²) in [5, 5.41) is 14.9. The molecule has 0 radical (unpaired) electrons. The number of carbonyl (C=O) groups excluding carboxylic acids is 1. The summed E-state index contributed by atoms with van der Waals surface area (Å²) in [7, 11) is 0. The van der Waals surface area contributed by atoms with E-state index in [2.05, 4.69) is 29.3 Å². The molecular weight excluding hydrogens is 489 g/mol. The van der Waals surface area contributed by atoms with Crippen LogP contribution in [0.15, 0.2) is 60.8 Å². The highest BCUT2D eigenvalue weighted by Gasteiger charge is 2.38. The molecular formula is C26H29F3N4O4. The Bertz CT molecular complexity index is 1160. The van der Waals surface area contributed by atoms with Crippen LogP contribution in [-0.2, 0) is 16.0 Å². The average molecular weight is 519 g/mol. The molecule has 2 N–H and O–H groups in total. The fraction of sp³-hybridized carbons (Fsp3) is 0.346. The van der Waals surface area contributed by atoms with Gasteiger partial charge in [-0.05, 0) is 24.1 Å². The van der Waals surface area contributed by atoms with Gasteiger partial charge >= 0.3 is 12.1 Å². The number of rotatable bonds is 7. The average Bonchev–Trinajstić information content (AvgIpc) is 3.35. The maximum absolute atomic E-state index is 13.0. The Hall–Kier alpha value is -3.70. The number of nitrogens with one attached hydrogen (secondary N) is 1. The predicted octanol–water partition coefficient (Wildman–Crippen LogP) is 3.80. The predicted molar refractivity (Wildman–Crippen MR) is 132 cm³/mol. The van der Waals surface area contributed by atoms with E-state index in [4.69, 9.17) is 19.7 Å². The highest BCUT2D eigenvalue weighted by molar-refractivity contribution is 5.99. The van der Waals surface area contributed by atoms with Crippen LogP contribution in [0.25, 0.3) is 16.9 Å². The molecule has 0 unspecified atom stereocenters. The van der Waals surface area contributed by atoms with Gasteiger partial charge in [0.1, 0.15) is 5.69 Å². The molecule has 0 spiro atoms. The van der Waals surface area contributed by atoms with Crippen LogP contribution in [0.4, 0.5) is 13.2 Å². The lowest BCUT2D eigenvalue weighted by molar-refractivity contribution is -0.192. The summed E-state index contributed by atoms with van der Waals surface area (Å²) in [6.07, 6.45) is -2.28. The van der Waals surface area contributed by atoms with E-state index in [9.17, 15) is 18.0 Å². The van der Waals surface area contributed by atoms with Crippen LogP contribution in [0.5, 0.6) is 0 Å². The first-order chi connectivity index (χ1) is 17.7. The SMILES string of the molecule is CCc1ccc(-c2nn(-c3ccccc3)cc2C(=O)NCCN2CCOCC2)cc1.O=C(O)C(F)(F)F. The van der Waals surface area contributed by atoms with Crippen LogP contribution < -0.4 is 5.32 Å². The smallest absolute Gasteiger partial charge is 0.475 e. The number of morpholine rings is 1. The minimum absolute atomic E-state index is 0.0972. The Labute approximate surface area is 212 Å². The number of carboxylic acids is 1. The number of benzene rings is 2. The molecule has 4 rings (SSSR count). The summed E-state index contributed by atoms with van der Waals surface area (Å²) in [6.45, 7) is 6.90. The van der Waals surface area contributed by atoms with E-state index < -0.39 is 12.1 Å². The molecule has 11 heteroatoms. The lowest BCUT2D eigenvalue weighted by Gasteiger charge is -2.26. The van der Waals surface area contributed by atoms with Crippen molar-refractivity contribution in [1.82, 2.24) is 20.0 Å². The van der Waals surface area contributed by atoms with Gasteiger partial charge in [-0.1, -0.05) is 49.4 Å². The number of para-hydroxylation sites is 1. The van der Waals surface area contributed by atoms with Gasteiger partial charge in [-0.3, -0.25) is 9.69 Å². The molecule has 1 aliphatic rings. The fourth-order valence-corrected chi connectivity index (χ4v) is 3.61. The summed E-state index contributed by atoms with van der Waals surface area (Å²) in [5.41, 5.74) is 4.42. The van der Waals surface area contributed by atoms with E-state index in [0.717, 1.165) is 50.5 Å². The van der Waals surface area contributed by atoms with E-state index in [1.54, 1.807) is 4.68 Å². The third-order valence-electron chi connectivity index (χ3n) is 5.68. The second-order valence-corrected chi connectivity index (χ2v) is 8.23. The van der Waals surface area contributed by atoms with Crippen molar-refractivity contribution >= 4 is 11.9 Å². The number of alkyl halides is 3. The van der Waals surface area contributed by atoms with Crippen molar-refractivity contribution in [3.8, 4) is 16.9 Å². The van der Waals surface area contributed by atoms with Gasteiger partial charge < -0.3 is 15.2 Å². The quantitative estimate of drug-likeness (QED) is 0.494. The van der Waals surface area contributed by atoms with Gasteiger partial charge in [0.2, 0.25) is 0 Å². The molecule has 1 fully saturated rings. The van der Waals surface area contributed by atoms with Crippen LogP contribution in [-0.4, -0.2) is 77.2 Å². The molecule has 1 aliphatic heterocycles.